The van der Waals surface area contributed by atoms with Gasteiger partial charge in [-0.3, -0.25) is 4.79 Å². The number of amides is 1. The molecule has 1 aromatic carbocycles. The number of hydrogen-bond donors (Lipinski definition) is 1. The van der Waals surface area contributed by atoms with Crippen molar-refractivity contribution in [2.75, 3.05) is 0 Å². The van der Waals surface area contributed by atoms with Gasteiger partial charge in [0, 0.05) is 6.20 Å². The molecule has 2 N–H and O–H groups in total. The van der Waals surface area contributed by atoms with Crippen molar-refractivity contribution in [1.29, 1.82) is 0 Å². The molecule has 0 atom stereocenters. The van der Waals surface area contributed by atoms with Crippen molar-refractivity contribution in [2.45, 2.75) is 13.3 Å². The maximum Gasteiger partial charge on any atom is 0.573 e. The maximum absolute atomic E-state index is 12.3. The highest BCUT2D eigenvalue weighted by atomic mass is 19.4. The Balaban J connectivity index is 2.15. The first-order valence-electron chi connectivity index (χ1n) is 7.37. The number of carbonyl (C=O) groups is 1. The molecule has 1 amide bonds. The molecule has 0 bridgehead atoms. The number of halogens is 3. The number of nitrogens with zero attached hydrogens (tertiary/aromatic N) is 3. The van der Waals surface area contributed by atoms with E-state index in [-0.39, 0.29) is 11.4 Å². The molecule has 0 radical (unpaired) electrons. The molecule has 2 aromatic heterocycles. The summed E-state index contributed by atoms with van der Waals surface area (Å²) in [5.41, 5.74) is 7.49. The van der Waals surface area contributed by atoms with E-state index in [0.29, 0.717) is 27.9 Å². The second kappa shape index (κ2) is 6.17. The molecule has 0 aliphatic carbocycles. The number of hydrogen-bond acceptors (Lipinski definition) is 4. The van der Waals surface area contributed by atoms with Crippen molar-refractivity contribution in [3.63, 3.8) is 0 Å². The third-order valence-corrected chi connectivity index (χ3v) is 3.58. The van der Waals surface area contributed by atoms with Gasteiger partial charge in [-0.25, -0.2) is 9.67 Å². The fraction of sp³-hybridized carbons (Fsp3) is 0.118. The number of pyridine rings is 1. The lowest BCUT2D eigenvalue weighted by molar-refractivity contribution is -0.274. The van der Waals surface area contributed by atoms with Crippen LogP contribution in [0.15, 0.2) is 43.1 Å². The SMILES string of the molecule is C=C(C)c1ccnc2c1c(C(N)=O)nn2-c1ccc(OC(F)(F)F)cc1. The van der Waals surface area contributed by atoms with Crippen LogP contribution in [0.5, 0.6) is 5.75 Å². The van der Waals surface area contributed by atoms with Crippen LogP contribution >= 0.6 is 0 Å². The first kappa shape index (κ1) is 17.5. The lowest BCUT2D eigenvalue weighted by atomic mass is 10.1. The Morgan fingerprint density at radius 3 is 2.42 bits per heavy atom. The Hall–Kier alpha value is -3.36. The molecule has 0 saturated heterocycles. The van der Waals surface area contributed by atoms with Crippen molar-refractivity contribution < 1.29 is 22.7 Å². The average Bonchev–Trinajstić information content (AvgIpc) is 2.94. The predicted octanol–water partition coefficient (Wildman–Crippen LogP) is 3.45. The summed E-state index contributed by atoms with van der Waals surface area (Å²) in [4.78, 5) is 16.0. The molecule has 0 aliphatic rings. The Morgan fingerprint density at radius 1 is 1.23 bits per heavy atom. The summed E-state index contributed by atoms with van der Waals surface area (Å²) in [6, 6.07) is 6.70. The van der Waals surface area contributed by atoms with Gasteiger partial charge >= 0.3 is 6.36 Å². The Labute approximate surface area is 145 Å². The van der Waals surface area contributed by atoms with E-state index in [2.05, 4.69) is 21.4 Å². The average molecular weight is 362 g/mol. The van der Waals surface area contributed by atoms with Gasteiger partial charge in [0.15, 0.2) is 11.3 Å². The molecular formula is C17H13F3N4O2. The molecule has 9 heteroatoms. The molecule has 3 rings (SSSR count). The molecule has 134 valence electrons. The van der Waals surface area contributed by atoms with Gasteiger partial charge in [-0.15, -0.1) is 13.2 Å². The number of ether oxygens (including phenoxy) is 1. The summed E-state index contributed by atoms with van der Waals surface area (Å²) in [6.45, 7) is 5.63. The van der Waals surface area contributed by atoms with E-state index >= 15 is 0 Å². The summed E-state index contributed by atoms with van der Waals surface area (Å²) in [5.74, 6) is -1.12. The minimum Gasteiger partial charge on any atom is -0.406 e. The predicted molar refractivity (Wildman–Crippen MR) is 88.8 cm³/mol. The fourth-order valence-electron chi connectivity index (χ4n) is 2.54. The van der Waals surface area contributed by atoms with E-state index in [1.807, 2.05) is 0 Å². The number of nitrogens with two attached hydrogens (primary N) is 1. The Kier molecular flexibility index (Phi) is 4.15. The minimum absolute atomic E-state index is 0.00159. The van der Waals surface area contributed by atoms with Gasteiger partial charge in [-0.05, 0) is 42.8 Å². The highest BCUT2D eigenvalue weighted by molar-refractivity contribution is 6.07. The molecule has 0 fully saturated rings. The zero-order valence-corrected chi connectivity index (χ0v) is 13.5. The molecule has 6 nitrogen and oxygen atoms in total. The molecule has 0 unspecified atom stereocenters. The van der Waals surface area contributed by atoms with E-state index in [1.165, 1.54) is 23.0 Å². The number of fused-ring (bicyclic) bond motifs is 1. The van der Waals surface area contributed by atoms with Gasteiger partial charge in [0.2, 0.25) is 0 Å². The highest BCUT2D eigenvalue weighted by Crippen LogP contribution is 2.29. The van der Waals surface area contributed by atoms with Crippen LogP contribution in [0, 0.1) is 0 Å². The van der Waals surface area contributed by atoms with Crippen LogP contribution < -0.4 is 10.5 Å². The largest absolute Gasteiger partial charge is 0.573 e. The van der Waals surface area contributed by atoms with Gasteiger partial charge < -0.3 is 10.5 Å². The number of aromatic nitrogens is 3. The first-order chi connectivity index (χ1) is 12.2. The van der Waals surface area contributed by atoms with Gasteiger partial charge in [0.05, 0.1) is 11.1 Å². The smallest absolute Gasteiger partial charge is 0.406 e. The number of rotatable bonds is 4. The monoisotopic (exact) mass is 362 g/mol. The van der Waals surface area contributed by atoms with Gasteiger partial charge in [0.25, 0.3) is 5.91 Å². The summed E-state index contributed by atoms with van der Waals surface area (Å²) in [6.07, 6.45) is -3.26. The zero-order chi connectivity index (χ0) is 19.1. The van der Waals surface area contributed by atoms with E-state index in [4.69, 9.17) is 5.73 Å². The number of alkyl halides is 3. The number of carbonyl (C=O) groups excluding carboxylic acids is 1. The van der Waals surface area contributed by atoms with E-state index in [9.17, 15) is 18.0 Å². The number of benzene rings is 1. The molecule has 0 spiro atoms. The van der Waals surface area contributed by atoms with Crippen molar-refractivity contribution in [2.24, 2.45) is 5.73 Å². The molecule has 3 aromatic rings. The van der Waals surface area contributed by atoms with E-state index in [1.54, 1.807) is 13.0 Å². The quantitative estimate of drug-likeness (QED) is 0.771. The molecule has 26 heavy (non-hydrogen) atoms. The topological polar surface area (TPSA) is 83.0 Å². The molecule has 0 aliphatic heterocycles. The van der Waals surface area contributed by atoms with Gasteiger partial charge in [-0.1, -0.05) is 12.2 Å². The van der Waals surface area contributed by atoms with Crippen molar-refractivity contribution in [3.8, 4) is 11.4 Å². The zero-order valence-electron chi connectivity index (χ0n) is 13.5. The minimum atomic E-state index is -4.78. The third kappa shape index (κ3) is 3.23. The summed E-state index contributed by atoms with van der Waals surface area (Å²) < 4.78 is 42.0. The summed E-state index contributed by atoms with van der Waals surface area (Å²) >= 11 is 0. The van der Waals surface area contributed by atoms with Crippen molar-refractivity contribution in [1.82, 2.24) is 14.8 Å². The van der Waals surface area contributed by atoms with Gasteiger partial charge in [-0.2, -0.15) is 5.10 Å². The molecular weight excluding hydrogens is 349 g/mol. The summed E-state index contributed by atoms with van der Waals surface area (Å²) in [7, 11) is 0. The lowest BCUT2D eigenvalue weighted by Gasteiger charge is -2.09. The number of allylic oxidation sites excluding steroid dienone is 1. The second-order valence-electron chi connectivity index (χ2n) is 5.50. The van der Waals surface area contributed by atoms with Crippen molar-refractivity contribution in [3.05, 3.63) is 54.4 Å². The Bertz CT molecular complexity index is 1010. The van der Waals surface area contributed by atoms with Crippen LogP contribution in [0.1, 0.15) is 23.0 Å². The maximum atomic E-state index is 12.3. The standard InChI is InChI=1S/C17H13F3N4O2/c1-9(2)12-7-8-22-16-13(12)14(15(21)25)23-24(16)10-3-5-11(6-4-10)26-17(18,19)20/h3-8H,1H2,2H3,(H2,21,25). The van der Waals surface area contributed by atoms with Crippen LogP contribution in [0.4, 0.5) is 13.2 Å². The highest BCUT2D eigenvalue weighted by Gasteiger charge is 2.31. The normalized spacial score (nSPS) is 11.5. The van der Waals surface area contributed by atoms with E-state index < -0.39 is 12.3 Å². The second-order valence-corrected chi connectivity index (χ2v) is 5.50. The van der Waals surface area contributed by atoms with Crippen LogP contribution in [-0.4, -0.2) is 27.0 Å². The number of primary amides is 1. The lowest BCUT2D eigenvalue weighted by Crippen LogP contribution is -2.17. The van der Waals surface area contributed by atoms with E-state index in [0.717, 1.165) is 12.1 Å². The fourth-order valence-corrected chi connectivity index (χ4v) is 2.54. The first-order valence-corrected chi connectivity index (χ1v) is 7.37. The van der Waals surface area contributed by atoms with Crippen molar-refractivity contribution >= 4 is 22.5 Å². The Morgan fingerprint density at radius 2 is 1.88 bits per heavy atom. The van der Waals surface area contributed by atoms with Crippen LogP contribution in [0.25, 0.3) is 22.3 Å². The van der Waals surface area contributed by atoms with Gasteiger partial charge in [0.1, 0.15) is 5.75 Å². The summed E-state index contributed by atoms with van der Waals surface area (Å²) in [5, 5.41) is 4.62. The molecule has 0 saturated carbocycles. The third-order valence-electron chi connectivity index (χ3n) is 3.58. The molecule has 2 heterocycles. The van der Waals surface area contributed by atoms with Crippen LogP contribution in [0.3, 0.4) is 0 Å². The van der Waals surface area contributed by atoms with Crippen LogP contribution in [-0.2, 0) is 0 Å². The van der Waals surface area contributed by atoms with Crippen LogP contribution in [0.2, 0.25) is 0 Å².